The summed E-state index contributed by atoms with van der Waals surface area (Å²) in [6.07, 6.45) is 0. The zero-order valence-corrected chi connectivity index (χ0v) is 20.9. The molecule has 0 unspecified atom stereocenters. The van der Waals surface area contributed by atoms with E-state index in [0.717, 1.165) is 26.0 Å². The number of benzene rings is 2. The van der Waals surface area contributed by atoms with Crippen LogP contribution in [0.5, 0.6) is 5.75 Å². The number of carbonyl (C=O) groups is 2. The van der Waals surface area contributed by atoms with Crippen LogP contribution in [-0.2, 0) is 9.53 Å². The summed E-state index contributed by atoms with van der Waals surface area (Å²) in [7, 11) is 0. The summed E-state index contributed by atoms with van der Waals surface area (Å²) in [5.41, 5.74) is 3.07. The molecule has 2 aromatic carbocycles. The summed E-state index contributed by atoms with van der Waals surface area (Å²) >= 11 is 4.83. The maximum Gasteiger partial charge on any atom is 0.341 e. The molecule has 0 fully saturated rings. The summed E-state index contributed by atoms with van der Waals surface area (Å²) < 4.78 is 12.1. The molecule has 1 heterocycles. The van der Waals surface area contributed by atoms with Gasteiger partial charge < -0.3 is 14.8 Å². The number of thiophene rings is 1. The summed E-state index contributed by atoms with van der Waals surface area (Å²) in [6.45, 7) is 7.91. The minimum atomic E-state index is -0.457. The molecular weight excluding hydrogens is 490 g/mol. The molecule has 0 saturated carbocycles. The van der Waals surface area contributed by atoms with Crippen LogP contribution in [0, 0.1) is 6.92 Å². The third kappa shape index (κ3) is 5.58. The first-order chi connectivity index (χ1) is 15.3. The maximum atomic E-state index is 12.8. The number of rotatable bonds is 8. The van der Waals surface area contributed by atoms with Crippen LogP contribution in [-0.4, -0.2) is 25.1 Å². The number of nitrogens with one attached hydrogen (secondary N) is 1. The largest absolute Gasteiger partial charge is 0.483 e. The molecule has 0 atom stereocenters. The van der Waals surface area contributed by atoms with Crippen LogP contribution < -0.4 is 10.1 Å². The second-order valence-corrected chi connectivity index (χ2v) is 9.64. The topological polar surface area (TPSA) is 64.6 Å². The van der Waals surface area contributed by atoms with Gasteiger partial charge in [0.15, 0.2) is 6.61 Å². The lowest BCUT2D eigenvalue weighted by Crippen LogP contribution is -2.21. The van der Waals surface area contributed by atoms with Crippen molar-refractivity contribution in [2.24, 2.45) is 0 Å². The first kappa shape index (κ1) is 24.0. The van der Waals surface area contributed by atoms with Crippen molar-refractivity contribution >= 4 is 44.1 Å². The van der Waals surface area contributed by atoms with E-state index in [2.05, 4.69) is 35.1 Å². The monoisotopic (exact) mass is 515 g/mol. The van der Waals surface area contributed by atoms with Crippen molar-refractivity contribution in [3.8, 4) is 16.9 Å². The maximum absolute atomic E-state index is 12.8. The Kier molecular flexibility index (Phi) is 8.10. The summed E-state index contributed by atoms with van der Waals surface area (Å²) in [6, 6.07) is 15.3. The highest BCUT2D eigenvalue weighted by Crippen LogP contribution is 2.40. The van der Waals surface area contributed by atoms with Crippen LogP contribution in [0.4, 0.5) is 5.00 Å². The van der Waals surface area contributed by atoms with Crippen molar-refractivity contribution in [1.29, 1.82) is 0 Å². The van der Waals surface area contributed by atoms with Crippen molar-refractivity contribution in [2.45, 2.75) is 33.6 Å². The molecule has 1 aromatic heterocycles. The van der Waals surface area contributed by atoms with Gasteiger partial charge in [-0.05, 0) is 49.1 Å². The van der Waals surface area contributed by atoms with Gasteiger partial charge in [-0.3, -0.25) is 4.79 Å². The van der Waals surface area contributed by atoms with E-state index >= 15 is 0 Å². The predicted octanol–water partition coefficient (Wildman–Crippen LogP) is 6.80. The van der Waals surface area contributed by atoms with Crippen LogP contribution in [0.25, 0.3) is 11.1 Å². The Morgan fingerprint density at radius 3 is 2.50 bits per heavy atom. The number of anilines is 1. The Bertz CT molecular complexity index is 1110. The second-order valence-electron chi connectivity index (χ2n) is 7.50. The normalized spacial score (nSPS) is 10.8. The number of halogens is 1. The lowest BCUT2D eigenvalue weighted by atomic mass is 10.0. The first-order valence-corrected chi connectivity index (χ1v) is 12.0. The van der Waals surface area contributed by atoms with Gasteiger partial charge in [-0.1, -0.05) is 60.1 Å². The number of amides is 1. The van der Waals surface area contributed by atoms with Crippen molar-refractivity contribution in [3.05, 3.63) is 69.0 Å². The van der Waals surface area contributed by atoms with Crippen LogP contribution in [0.3, 0.4) is 0 Å². The minimum Gasteiger partial charge on any atom is -0.483 e. The molecule has 0 spiro atoms. The van der Waals surface area contributed by atoms with Crippen LogP contribution in [0.15, 0.2) is 53.0 Å². The number of carbonyl (C=O) groups excluding carboxylic acids is 2. The highest BCUT2D eigenvalue weighted by Gasteiger charge is 2.25. The van der Waals surface area contributed by atoms with Gasteiger partial charge in [-0.2, -0.15) is 0 Å². The Morgan fingerprint density at radius 1 is 1.12 bits per heavy atom. The molecule has 1 N–H and O–H groups in total. The van der Waals surface area contributed by atoms with Crippen molar-refractivity contribution < 1.29 is 19.1 Å². The molecule has 5 nitrogen and oxygen atoms in total. The van der Waals surface area contributed by atoms with Crippen molar-refractivity contribution in [3.63, 3.8) is 0 Å². The Morgan fingerprint density at radius 2 is 1.84 bits per heavy atom. The van der Waals surface area contributed by atoms with E-state index in [9.17, 15) is 9.59 Å². The summed E-state index contributed by atoms with van der Waals surface area (Å²) in [4.78, 5) is 26.4. The van der Waals surface area contributed by atoms with Crippen LogP contribution in [0.1, 0.15) is 47.5 Å². The van der Waals surface area contributed by atoms with Crippen LogP contribution in [0.2, 0.25) is 0 Å². The zero-order chi connectivity index (χ0) is 23.3. The van der Waals surface area contributed by atoms with Gasteiger partial charge >= 0.3 is 5.97 Å². The van der Waals surface area contributed by atoms with E-state index in [1.54, 1.807) is 6.92 Å². The van der Waals surface area contributed by atoms with Crippen molar-refractivity contribution in [1.82, 2.24) is 0 Å². The highest BCUT2D eigenvalue weighted by molar-refractivity contribution is 9.10. The lowest BCUT2D eigenvalue weighted by molar-refractivity contribution is -0.118. The molecule has 0 saturated heterocycles. The van der Waals surface area contributed by atoms with E-state index in [1.807, 2.05) is 55.5 Å². The standard InChI is InChI=1S/C25H26BrNO4S/c1-5-30-25(29)23-22(17-9-7-6-8-10-17)16(4)32-24(23)27-21(28)14-31-20-12-11-18(26)13-19(20)15(2)3/h6-13,15H,5,14H2,1-4H3,(H,27,28). The van der Waals surface area contributed by atoms with Crippen LogP contribution >= 0.6 is 27.3 Å². The average molecular weight is 516 g/mol. The Hall–Kier alpha value is -2.64. The predicted molar refractivity (Wildman–Crippen MR) is 133 cm³/mol. The van der Waals surface area contributed by atoms with E-state index in [-0.39, 0.29) is 25.0 Å². The Balaban J connectivity index is 1.84. The molecule has 0 aliphatic rings. The smallest absolute Gasteiger partial charge is 0.341 e. The number of aryl methyl sites for hydroxylation is 1. The van der Waals surface area contributed by atoms with Gasteiger partial charge in [0, 0.05) is 14.9 Å². The first-order valence-electron chi connectivity index (χ1n) is 10.4. The molecular formula is C25H26BrNO4S. The van der Waals surface area contributed by atoms with E-state index < -0.39 is 5.97 Å². The molecule has 32 heavy (non-hydrogen) atoms. The zero-order valence-electron chi connectivity index (χ0n) is 18.5. The van der Waals surface area contributed by atoms with Gasteiger partial charge in [0.05, 0.1) is 6.61 Å². The molecule has 168 valence electrons. The van der Waals surface area contributed by atoms with Gasteiger partial charge in [-0.25, -0.2) is 4.79 Å². The molecule has 1 amide bonds. The van der Waals surface area contributed by atoms with E-state index in [1.165, 1.54) is 11.3 Å². The molecule has 3 aromatic rings. The van der Waals surface area contributed by atoms with Gasteiger partial charge in [0.25, 0.3) is 5.91 Å². The molecule has 0 aliphatic heterocycles. The molecule has 0 radical (unpaired) electrons. The van der Waals surface area contributed by atoms with Gasteiger partial charge in [0.1, 0.15) is 16.3 Å². The van der Waals surface area contributed by atoms with Gasteiger partial charge in [-0.15, -0.1) is 11.3 Å². The van der Waals surface area contributed by atoms with Crippen molar-refractivity contribution in [2.75, 3.05) is 18.5 Å². The molecule has 0 aliphatic carbocycles. The summed E-state index contributed by atoms with van der Waals surface area (Å²) in [5.74, 6) is 0.113. The third-order valence-corrected chi connectivity index (χ3v) is 6.35. The third-order valence-electron chi connectivity index (χ3n) is 4.83. The minimum absolute atomic E-state index is 0.165. The highest BCUT2D eigenvalue weighted by atomic mass is 79.9. The fraction of sp³-hybridized carbons (Fsp3) is 0.280. The van der Waals surface area contributed by atoms with E-state index in [0.29, 0.717) is 16.3 Å². The number of hydrogen-bond acceptors (Lipinski definition) is 5. The van der Waals surface area contributed by atoms with Gasteiger partial charge in [0.2, 0.25) is 0 Å². The van der Waals surface area contributed by atoms with E-state index in [4.69, 9.17) is 9.47 Å². The number of ether oxygens (including phenoxy) is 2. The SMILES string of the molecule is CCOC(=O)c1c(NC(=O)COc2ccc(Br)cc2C(C)C)sc(C)c1-c1ccccc1. The average Bonchev–Trinajstić information content (AvgIpc) is 3.09. The molecule has 7 heteroatoms. The number of hydrogen-bond donors (Lipinski definition) is 1. The lowest BCUT2D eigenvalue weighted by Gasteiger charge is -2.14. The fourth-order valence-electron chi connectivity index (χ4n) is 3.39. The quantitative estimate of drug-likeness (QED) is 0.335. The Labute approximate surface area is 200 Å². The fourth-order valence-corrected chi connectivity index (χ4v) is 4.85. The second kappa shape index (κ2) is 10.8. The molecule has 3 rings (SSSR count). The summed E-state index contributed by atoms with van der Waals surface area (Å²) in [5, 5.41) is 3.32. The molecule has 0 bridgehead atoms. The number of esters is 1.